The van der Waals surface area contributed by atoms with Gasteiger partial charge in [-0.05, 0) is 38.4 Å². The molecule has 0 aromatic heterocycles. The van der Waals surface area contributed by atoms with Gasteiger partial charge in [0.25, 0.3) is 0 Å². The third kappa shape index (κ3) is 2.11. The smallest absolute Gasteiger partial charge is 0.231 e. The predicted molar refractivity (Wildman–Crippen MR) is 74.5 cm³/mol. The first-order chi connectivity index (χ1) is 9.61. The zero-order valence-corrected chi connectivity index (χ0v) is 12.2. The minimum Gasteiger partial charge on any atom is -0.492 e. The van der Waals surface area contributed by atoms with Gasteiger partial charge in [0, 0.05) is 18.2 Å². The quantitative estimate of drug-likeness (QED) is 0.913. The highest BCUT2D eigenvalue weighted by Gasteiger charge is 2.34. The fraction of sp³-hybridized carbons (Fsp3) is 0.600. The SMILES string of the molecule is COc1c2c(cc3c1[C@H](C[C@@H](C)O)N(C)CC3)OCO2. The van der Waals surface area contributed by atoms with Crippen molar-refractivity contribution in [1.82, 2.24) is 4.90 Å². The molecule has 0 unspecified atom stereocenters. The number of fused-ring (bicyclic) bond motifs is 2. The Kier molecular flexibility index (Phi) is 3.48. The summed E-state index contributed by atoms with van der Waals surface area (Å²) in [7, 11) is 3.74. The van der Waals surface area contributed by atoms with Crippen molar-refractivity contribution < 1.29 is 19.3 Å². The number of aliphatic hydroxyl groups excluding tert-OH is 1. The lowest BCUT2D eigenvalue weighted by Gasteiger charge is -2.36. The zero-order chi connectivity index (χ0) is 14.3. The van der Waals surface area contributed by atoms with Crippen LogP contribution in [0.3, 0.4) is 0 Å². The van der Waals surface area contributed by atoms with Crippen molar-refractivity contribution in [2.24, 2.45) is 0 Å². The van der Waals surface area contributed by atoms with Gasteiger partial charge in [0.1, 0.15) is 0 Å². The van der Waals surface area contributed by atoms with Gasteiger partial charge in [0.15, 0.2) is 11.5 Å². The van der Waals surface area contributed by atoms with E-state index in [2.05, 4.69) is 18.0 Å². The van der Waals surface area contributed by atoms with E-state index in [1.165, 1.54) is 5.56 Å². The average molecular weight is 279 g/mol. The maximum atomic E-state index is 9.78. The molecule has 5 nitrogen and oxygen atoms in total. The number of rotatable bonds is 3. The molecule has 0 radical (unpaired) electrons. The van der Waals surface area contributed by atoms with Crippen LogP contribution in [0.15, 0.2) is 6.07 Å². The lowest BCUT2D eigenvalue weighted by molar-refractivity contribution is 0.119. The number of likely N-dealkylation sites (N-methyl/N-ethyl adjacent to an activating group) is 1. The molecular formula is C15H21NO4. The molecule has 0 saturated carbocycles. The molecule has 0 aliphatic carbocycles. The third-order valence-corrected chi connectivity index (χ3v) is 4.11. The maximum Gasteiger partial charge on any atom is 0.231 e. The second-order valence-electron chi connectivity index (χ2n) is 5.55. The third-order valence-electron chi connectivity index (χ3n) is 4.11. The number of hydrogen-bond acceptors (Lipinski definition) is 5. The van der Waals surface area contributed by atoms with E-state index in [4.69, 9.17) is 14.2 Å². The van der Waals surface area contributed by atoms with Crippen molar-refractivity contribution in [3.63, 3.8) is 0 Å². The van der Waals surface area contributed by atoms with Gasteiger partial charge >= 0.3 is 0 Å². The van der Waals surface area contributed by atoms with Crippen LogP contribution in [0.1, 0.15) is 30.5 Å². The van der Waals surface area contributed by atoms with Gasteiger partial charge in [0.2, 0.25) is 12.5 Å². The van der Waals surface area contributed by atoms with Gasteiger partial charge in [-0.3, -0.25) is 4.90 Å². The van der Waals surface area contributed by atoms with Crippen LogP contribution in [0.2, 0.25) is 0 Å². The summed E-state index contributed by atoms with van der Waals surface area (Å²) in [6.07, 6.45) is 1.28. The number of nitrogens with zero attached hydrogens (tertiary/aromatic N) is 1. The van der Waals surface area contributed by atoms with E-state index in [1.807, 2.05) is 6.92 Å². The number of aliphatic hydroxyl groups is 1. The van der Waals surface area contributed by atoms with Crippen LogP contribution in [0.4, 0.5) is 0 Å². The highest BCUT2D eigenvalue weighted by Crippen LogP contribution is 2.50. The van der Waals surface area contributed by atoms with Gasteiger partial charge in [-0.25, -0.2) is 0 Å². The van der Waals surface area contributed by atoms with E-state index in [-0.39, 0.29) is 18.9 Å². The Balaban J connectivity index is 2.12. The van der Waals surface area contributed by atoms with Crippen LogP contribution in [0.25, 0.3) is 0 Å². The van der Waals surface area contributed by atoms with E-state index in [0.29, 0.717) is 12.2 Å². The van der Waals surface area contributed by atoms with Crippen LogP contribution in [0, 0.1) is 0 Å². The Morgan fingerprint density at radius 2 is 2.30 bits per heavy atom. The van der Waals surface area contributed by atoms with Gasteiger partial charge in [-0.2, -0.15) is 0 Å². The van der Waals surface area contributed by atoms with E-state index < -0.39 is 0 Å². The Morgan fingerprint density at radius 1 is 1.50 bits per heavy atom. The van der Waals surface area contributed by atoms with Crippen molar-refractivity contribution >= 4 is 0 Å². The second kappa shape index (κ2) is 5.14. The molecular weight excluding hydrogens is 258 g/mol. The molecule has 5 heteroatoms. The lowest BCUT2D eigenvalue weighted by atomic mass is 9.88. The molecule has 0 saturated heterocycles. The summed E-state index contributed by atoms with van der Waals surface area (Å²) < 4.78 is 16.6. The molecule has 0 bridgehead atoms. The van der Waals surface area contributed by atoms with Crippen LogP contribution in [-0.2, 0) is 6.42 Å². The Morgan fingerprint density at radius 3 is 3.00 bits per heavy atom. The minimum absolute atomic E-state index is 0.142. The van der Waals surface area contributed by atoms with E-state index in [9.17, 15) is 5.11 Å². The highest BCUT2D eigenvalue weighted by atomic mass is 16.7. The summed E-state index contributed by atoms with van der Waals surface area (Å²) in [5.41, 5.74) is 2.36. The first kappa shape index (κ1) is 13.5. The molecule has 1 N–H and O–H groups in total. The highest BCUT2D eigenvalue weighted by molar-refractivity contribution is 5.61. The molecule has 2 atom stereocenters. The topological polar surface area (TPSA) is 51.2 Å². The summed E-state index contributed by atoms with van der Waals surface area (Å²) in [6.45, 7) is 3.03. The standard InChI is InChI=1S/C15H21NO4/c1-9(17)6-11-13-10(4-5-16(11)2)7-12-14(15(13)18-3)20-8-19-12/h7,9,11,17H,4-6,8H2,1-3H3/t9-,11+/m1/s1. The maximum absolute atomic E-state index is 9.78. The minimum atomic E-state index is -0.358. The van der Waals surface area contributed by atoms with Crippen LogP contribution >= 0.6 is 0 Å². The number of ether oxygens (including phenoxy) is 3. The lowest BCUT2D eigenvalue weighted by Crippen LogP contribution is -2.34. The number of methoxy groups -OCH3 is 1. The molecule has 0 spiro atoms. The molecule has 0 fully saturated rings. The summed E-state index contributed by atoms with van der Waals surface area (Å²) in [5, 5.41) is 9.78. The fourth-order valence-electron chi connectivity index (χ4n) is 3.15. The van der Waals surface area contributed by atoms with Crippen molar-refractivity contribution in [2.45, 2.75) is 31.9 Å². The van der Waals surface area contributed by atoms with Crippen LogP contribution in [-0.4, -0.2) is 43.6 Å². The molecule has 1 aromatic carbocycles. The average Bonchev–Trinajstić information content (AvgIpc) is 2.87. The summed E-state index contributed by atoms with van der Waals surface area (Å²) in [6, 6.07) is 2.20. The van der Waals surface area contributed by atoms with Gasteiger partial charge in [-0.1, -0.05) is 0 Å². The van der Waals surface area contributed by atoms with Crippen molar-refractivity contribution in [3.8, 4) is 17.2 Å². The predicted octanol–water partition coefficient (Wildman–Crippen LogP) is 1.72. The summed E-state index contributed by atoms with van der Waals surface area (Å²) >= 11 is 0. The van der Waals surface area contributed by atoms with Crippen LogP contribution < -0.4 is 14.2 Å². The van der Waals surface area contributed by atoms with E-state index >= 15 is 0 Å². The largest absolute Gasteiger partial charge is 0.492 e. The molecule has 0 amide bonds. The zero-order valence-electron chi connectivity index (χ0n) is 12.2. The molecule has 2 heterocycles. The molecule has 110 valence electrons. The molecule has 3 rings (SSSR count). The monoisotopic (exact) mass is 279 g/mol. The fourth-order valence-corrected chi connectivity index (χ4v) is 3.15. The molecule has 2 aliphatic rings. The van der Waals surface area contributed by atoms with Crippen LogP contribution in [0.5, 0.6) is 17.2 Å². The molecule has 20 heavy (non-hydrogen) atoms. The summed E-state index contributed by atoms with van der Waals surface area (Å²) in [5.74, 6) is 2.21. The Hall–Kier alpha value is -1.46. The first-order valence-corrected chi connectivity index (χ1v) is 6.99. The number of benzene rings is 1. The van der Waals surface area contributed by atoms with Crippen molar-refractivity contribution in [1.29, 1.82) is 0 Å². The summed E-state index contributed by atoms with van der Waals surface area (Å²) in [4.78, 5) is 2.26. The normalized spacial score (nSPS) is 22.5. The molecule has 2 aliphatic heterocycles. The van der Waals surface area contributed by atoms with Gasteiger partial charge < -0.3 is 19.3 Å². The second-order valence-corrected chi connectivity index (χ2v) is 5.55. The number of hydrogen-bond donors (Lipinski definition) is 1. The van der Waals surface area contributed by atoms with Gasteiger partial charge in [-0.15, -0.1) is 0 Å². The Labute approximate surface area is 119 Å². The van der Waals surface area contributed by atoms with Gasteiger partial charge in [0.05, 0.1) is 13.2 Å². The van der Waals surface area contributed by atoms with Crippen molar-refractivity contribution in [3.05, 3.63) is 17.2 Å². The van der Waals surface area contributed by atoms with E-state index in [0.717, 1.165) is 30.0 Å². The first-order valence-electron chi connectivity index (χ1n) is 6.99. The van der Waals surface area contributed by atoms with E-state index in [1.54, 1.807) is 7.11 Å². The van der Waals surface area contributed by atoms with Crippen molar-refractivity contribution in [2.75, 3.05) is 27.5 Å². The molecule has 1 aromatic rings. The Bertz CT molecular complexity index is 515.